The molecule has 1 heterocycles. The van der Waals surface area contributed by atoms with E-state index in [1.807, 2.05) is 23.1 Å². The standard InChI is InChI=1S/C28H28FN3O4/c29-21-7-4-19(5-8-21)27(33)31-23-3-1-2-18(14-23)16-32(24-11-9-22(30)10-12-24)28(34)20-6-13-25-26(15-20)36-17-35-25/h1-8,13-15,22,24H,9-12,16-17,30H2,(H,31,33). The molecule has 3 aromatic carbocycles. The number of halogens is 1. The third-order valence-electron chi connectivity index (χ3n) is 6.71. The number of hydrogen-bond donors (Lipinski definition) is 2. The van der Waals surface area contributed by atoms with E-state index in [4.69, 9.17) is 15.2 Å². The van der Waals surface area contributed by atoms with Gasteiger partial charge in [0.05, 0.1) is 0 Å². The third kappa shape index (κ3) is 5.33. The SMILES string of the molecule is NC1CCC(N(Cc2cccc(NC(=O)c3ccc(F)cc3)c2)C(=O)c2ccc3c(c2)OCO3)CC1. The quantitative estimate of drug-likeness (QED) is 0.523. The molecular weight excluding hydrogens is 461 g/mol. The number of hydrogen-bond acceptors (Lipinski definition) is 5. The van der Waals surface area contributed by atoms with Crippen molar-refractivity contribution in [1.82, 2.24) is 4.90 Å². The minimum atomic E-state index is -0.399. The van der Waals surface area contributed by atoms with E-state index in [0.717, 1.165) is 31.2 Å². The van der Waals surface area contributed by atoms with E-state index < -0.39 is 5.82 Å². The first-order valence-corrected chi connectivity index (χ1v) is 12.1. The van der Waals surface area contributed by atoms with E-state index in [0.29, 0.717) is 34.9 Å². The van der Waals surface area contributed by atoms with Gasteiger partial charge in [-0.2, -0.15) is 0 Å². The van der Waals surface area contributed by atoms with Crippen molar-refractivity contribution < 1.29 is 23.5 Å². The molecule has 0 aromatic heterocycles. The molecule has 1 fully saturated rings. The van der Waals surface area contributed by atoms with Gasteiger partial charge < -0.3 is 25.4 Å². The van der Waals surface area contributed by atoms with Crippen LogP contribution in [-0.4, -0.2) is 35.6 Å². The van der Waals surface area contributed by atoms with Crippen LogP contribution in [0.15, 0.2) is 66.7 Å². The van der Waals surface area contributed by atoms with Gasteiger partial charge in [0.15, 0.2) is 11.5 Å². The zero-order valence-electron chi connectivity index (χ0n) is 19.8. The molecule has 1 aliphatic carbocycles. The summed E-state index contributed by atoms with van der Waals surface area (Å²) in [5, 5.41) is 2.85. The zero-order valence-corrected chi connectivity index (χ0v) is 19.8. The molecule has 0 bridgehead atoms. The number of nitrogens with two attached hydrogens (primary N) is 1. The second kappa shape index (κ2) is 10.4. The summed E-state index contributed by atoms with van der Waals surface area (Å²) in [5.41, 5.74) is 8.51. The molecule has 0 saturated heterocycles. The number of carbonyl (C=O) groups is 2. The number of fused-ring (bicyclic) bond motifs is 1. The van der Waals surface area contributed by atoms with E-state index in [-0.39, 0.29) is 30.7 Å². The minimum Gasteiger partial charge on any atom is -0.454 e. The van der Waals surface area contributed by atoms with Crippen LogP contribution in [-0.2, 0) is 6.54 Å². The van der Waals surface area contributed by atoms with Gasteiger partial charge in [0.25, 0.3) is 11.8 Å². The fourth-order valence-corrected chi connectivity index (χ4v) is 4.72. The Morgan fingerprint density at radius 1 is 0.917 bits per heavy atom. The highest BCUT2D eigenvalue weighted by Gasteiger charge is 2.29. The van der Waals surface area contributed by atoms with E-state index >= 15 is 0 Å². The molecule has 5 rings (SSSR count). The Bertz CT molecular complexity index is 1260. The van der Waals surface area contributed by atoms with Gasteiger partial charge in [-0.1, -0.05) is 12.1 Å². The predicted molar refractivity (Wildman–Crippen MR) is 133 cm³/mol. The van der Waals surface area contributed by atoms with Gasteiger partial charge in [-0.3, -0.25) is 9.59 Å². The monoisotopic (exact) mass is 489 g/mol. The first-order valence-electron chi connectivity index (χ1n) is 12.1. The largest absolute Gasteiger partial charge is 0.454 e. The summed E-state index contributed by atoms with van der Waals surface area (Å²) in [6, 6.07) is 18.3. The van der Waals surface area contributed by atoms with Crippen LogP contribution in [0, 0.1) is 5.82 Å². The normalized spacial score (nSPS) is 18.5. The summed E-state index contributed by atoms with van der Waals surface area (Å²) in [7, 11) is 0. The Balaban J connectivity index is 1.36. The maximum atomic E-state index is 13.7. The number of nitrogens with one attached hydrogen (secondary N) is 1. The molecule has 0 radical (unpaired) electrons. The predicted octanol–water partition coefficient (Wildman–Crippen LogP) is 4.72. The Morgan fingerprint density at radius 3 is 2.42 bits per heavy atom. The molecular formula is C28H28FN3O4. The van der Waals surface area contributed by atoms with Crippen LogP contribution in [0.3, 0.4) is 0 Å². The molecule has 8 heteroatoms. The molecule has 0 atom stereocenters. The summed E-state index contributed by atoms with van der Waals surface area (Å²) >= 11 is 0. The molecule has 3 N–H and O–H groups in total. The van der Waals surface area contributed by atoms with E-state index in [2.05, 4.69) is 5.32 Å². The average molecular weight is 490 g/mol. The van der Waals surface area contributed by atoms with Gasteiger partial charge in [0.2, 0.25) is 6.79 Å². The molecule has 1 saturated carbocycles. The maximum Gasteiger partial charge on any atom is 0.255 e. The van der Waals surface area contributed by atoms with Crippen LogP contribution >= 0.6 is 0 Å². The molecule has 0 spiro atoms. The second-order valence-electron chi connectivity index (χ2n) is 9.23. The summed E-state index contributed by atoms with van der Waals surface area (Å²) < 4.78 is 24.1. The first kappa shape index (κ1) is 23.8. The molecule has 36 heavy (non-hydrogen) atoms. The molecule has 2 aliphatic rings. The van der Waals surface area contributed by atoms with Crippen LogP contribution < -0.4 is 20.5 Å². The highest BCUT2D eigenvalue weighted by molar-refractivity contribution is 6.04. The molecule has 3 aromatic rings. The lowest BCUT2D eigenvalue weighted by molar-refractivity contribution is 0.0606. The number of ether oxygens (including phenoxy) is 2. The fourth-order valence-electron chi connectivity index (χ4n) is 4.72. The minimum absolute atomic E-state index is 0.0557. The summed E-state index contributed by atoms with van der Waals surface area (Å²) in [4.78, 5) is 28.2. The topological polar surface area (TPSA) is 93.9 Å². The van der Waals surface area contributed by atoms with Gasteiger partial charge in [0, 0.05) is 35.4 Å². The summed E-state index contributed by atoms with van der Waals surface area (Å²) in [6.45, 7) is 0.529. The summed E-state index contributed by atoms with van der Waals surface area (Å²) in [5.74, 6) is 0.379. The van der Waals surface area contributed by atoms with Gasteiger partial charge in [-0.15, -0.1) is 0 Å². The van der Waals surface area contributed by atoms with Gasteiger partial charge in [-0.25, -0.2) is 4.39 Å². The van der Waals surface area contributed by atoms with E-state index in [1.165, 1.54) is 24.3 Å². The molecule has 2 amide bonds. The van der Waals surface area contributed by atoms with Crippen LogP contribution in [0.25, 0.3) is 0 Å². The molecule has 0 unspecified atom stereocenters. The number of anilines is 1. The zero-order chi connectivity index (χ0) is 25.1. The van der Waals surface area contributed by atoms with Crippen molar-refractivity contribution in [1.29, 1.82) is 0 Å². The highest BCUT2D eigenvalue weighted by Crippen LogP contribution is 2.34. The second-order valence-corrected chi connectivity index (χ2v) is 9.23. The van der Waals surface area contributed by atoms with Crippen molar-refractivity contribution in [3.8, 4) is 11.5 Å². The lowest BCUT2D eigenvalue weighted by Crippen LogP contribution is -2.43. The first-order chi connectivity index (χ1) is 17.5. The number of carbonyl (C=O) groups excluding carboxylic acids is 2. The molecule has 1 aliphatic heterocycles. The maximum absolute atomic E-state index is 13.7. The van der Waals surface area contributed by atoms with Crippen molar-refractivity contribution in [2.45, 2.75) is 44.3 Å². The van der Waals surface area contributed by atoms with Gasteiger partial charge in [0.1, 0.15) is 5.82 Å². The van der Waals surface area contributed by atoms with Crippen LogP contribution in [0.5, 0.6) is 11.5 Å². The van der Waals surface area contributed by atoms with Crippen molar-refractivity contribution in [3.05, 3.63) is 89.2 Å². The Kier molecular flexibility index (Phi) is 6.86. The van der Waals surface area contributed by atoms with Crippen molar-refractivity contribution in [3.63, 3.8) is 0 Å². The molecule has 7 nitrogen and oxygen atoms in total. The van der Waals surface area contributed by atoms with Crippen molar-refractivity contribution >= 4 is 17.5 Å². The van der Waals surface area contributed by atoms with Gasteiger partial charge >= 0.3 is 0 Å². The third-order valence-corrected chi connectivity index (χ3v) is 6.71. The molecule has 186 valence electrons. The van der Waals surface area contributed by atoms with Crippen molar-refractivity contribution in [2.75, 3.05) is 12.1 Å². The van der Waals surface area contributed by atoms with Crippen LogP contribution in [0.4, 0.5) is 10.1 Å². The van der Waals surface area contributed by atoms with E-state index in [1.54, 1.807) is 24.3 Å². The number of nitrogens with zero attached hydrogens (tertiary/aromatic N) is 1. The van der Waals surface area contributed by atoms with Crippen LogP contribution in [0.1, 0.15) is 52.0 Å². The van der Waals surface area contributed by atoms with Crippen molar-refractivity contribution in [2.24, 2.45) is 5.73 Å². The smallest absolute Gasteiger partial charge is 0.255 e. The average Bonchev–Trinajstić information content (AvgIpc) is 3.36. The fraction of sp³-hybridized carbons (Fsp3) is 0.286. The number of rotatable bonds is 6. The Morgan fingerprint density at radius 2 is 1.64 bits per heavy atom. The lowest BCUT2D eigenvalue weighted by atomic mass is 9.90. The highest BCUT2D eigenvalue weighted by atomic mass is 19.1. The van der Waals surface area contributed by atoms with E-state index in [9.17, 15) is 14.0 Å². The number of benzene rings is 3. The Labute approximate surface area is 209 Å². The summed E-state index contributed by atoms with van der Waals surface area (Å²) in [6.07, 6.45) is 3.39. The number of amides is 2. The lowest BCUT2D eigenvalue weighted by Gasteiger charge is -2.36. The van der Waals surface area contributed by atoms with Gasteiger partial charge in [-0.05, 0) is 85.8 Å². The Hall–Kier alpha value is -3.91. The van der Waals surface area contributed by atoms with Crippen LogP contribution in [0.2, 0.25) is 0 Å².